The van der Waals surface area contributed by atoms with Crippen LogP contribution >= 0.6 is 0 Å². The first-order valence-corrected chi connectivity index (χ1v) is 9.55. The Morgan fingerprint density at radius 3 is 2.64 bits per heavy atom. The Balaban J connectivity index is 1.80. The zero-order chi connectivity index (χ0) is 19.9. The number of ether oxygens (including phenoxy) is 3. The van der Waals surface area contributed by atoms with Gasteiger partial charge in [-0.3, -0.25) is 0 Å². The molecule has 1 N–H and O–H groups in total. The first-order valence-electron chi connectivity index (χ1n) is 9.55. The van der Waals surface area contributed by atoms with Crippen molar-refractivity contribution >= 4 is 17.0 Å². The van der Waals surface area contributed by atoms with Crippen LogP contribution in [0.3, 0.4) is 0 Å². The molecule has 1 aromatic heterocycles. The number of fused-ring (bicyclic) bond motifs is 1. The summed E-state index contributed by atoms with van der Waals surface area (Å²) >= 11 is 0. The van der Waals surface area contributed by atoms with Gasteiger partial charge >= 0.3 is 5.97 Å². The molecule has 0 saturated carbocycles. The van der Waals surface area contributed by atoms with Crippen LogP contribution in [0.5, 0.6) is 11.5 Å². The van der Waals surface area contributed by atoms with Gasteiger partial charge in [0, 0.05) is 5.56 Å². The minimum atomic E-state index is -0.375. The molecule has 0 spiro atoms. The van der Waals surface area contributed by atoms with Crippen LogP contribution in [0, 0.1) is 0 Å². The fourth-order valence-electron chi connectivity index (χ4n) is 3.04. The van der Waals surface area contributed by atoms with E-state index in [1.54, 1.807) is 25.3 Å². The van der Waals surface area contributed by atoms with E-state index in [1.807, 2.05) is 18.2 Å². The number of nitrogens with one attached hydrogen (secondary N) is 1. The molecule has 6 nitrogen and oxygen atoms in total. The predicted octanol–water partition coefficient (Wildman–Crippen LogP) is 4.98. The van der Waals surface area contributed by atoms with Crippen LogP contribution in [-0.2, 0) is 4.74 Å². The summed E-state index contributed by atoms with van der Waals surface area (Å²) in [5.74, 6) is 1.72. The Morgan fingerprint density at radius 2 is 1.89 bits per heavy atom. The van der Waals surface area contributed by atoms with Crippen LogP contribution in [-0.4, -0.2) is 36.8 Å². The highest BCUT2D eigenvalue weighted by atomic mass is 16.5. The number of rotatable bonds is 9. The van der Waals surface area contributed by atoms with Crippen LogP contribution in [0.4, 0.5) is 0 Å². The van der Waals surface area contributed by atoms with Crippen LogP contribution < -0.4 is 9.47 Å². The lowest BCUT2D eigenvalue weighted by atomic mass is 10.2. The lowest BCUT2D eigenvalue weighted by Crippen LogP contribution is -2.00. The minimum Gasteiger partial charge on any atom is -0.493 e. The molecule has 0 aliphatic carbocycles. The monoisotopic (exact) mass is 382 g/mol. The molecular weight excluding hydrogens is 356 g/mol. The number of methoxy groups -OCH3 is 2. The summed E-state index contributed by atoms with van der Waals surface area (Å²) in [6, 6.07) is 11.0. The summed E-state index contributed by atoms with van der Waals surface area (Å²) < 4.78 is 16.1. The van der Waals surface area contributed by atoms with E-state index in [-0.39, 0.29) is 5.97 Å². The van der Waals surface area contributed by atoms with Crippen LogP contribution in [0.2, 0.25) is 0 Å². The number of H-pyrrole nitrogens is 1. The fourth-order valence-corrected chi connectivity index (χ4v) is 3.04. The minimum absolute atomic E-state index is 0.375. The maximum Gasteiger partial charge on any atom is 0.337 e. The van der Waals surface area contributed by atoms with Gasteiger partial charge in [-0.15, -0.1) is 0 Å². The van der Waals surface area contributed by atoms with Gasteiger partial charge in [-0.2, -0.15) is 0 Å². The fraction of sp³-hybridized carbons (Fsp3) is 0.364. The number of hydrogen-bond donors (Lipinski definition) is 1. The van der Waals surface area contributed by atoms with Crippen molar-refractivity contribution in [2.45, 2.75) is 32.6 Å². The average Bonchev–Trinajstić information content (AvgIpc) is 3.16. The normalized spacial score (nSPS) is 10.8. The lowest BCUT2D eigenvalue weighted by molar-refractivity contribution is 0.0601. The maximum atomic E-state index is 11.7. The highest BCUT2D eigenvalue weighted by Crippen LogP contribution is 2.32. The number of nitrogens with zero attached hydrogens (tertiary/aromatic N) is 1. The van der Waals surface area contributed by atoms with E-state index >= 15 is 0 Å². The van der Waals surface area contributed by atoms with Gasteiger partial charge in [0.25, 0.3) is 0 Å². The Labute approximate surface area is 164 Å². The van der Waals surface area contributed by atoms with Gasteiger partial charge in [0.1, 0.15) is 5.82 Å². The molecule has 0 radical (unpaired) electrons. The van der Waals surface area contributed by atoms with E-state index in [2.05, 4.69) is 16.9 Å². The Hall–Kier alpha value is -3.02. The number of aromatic amines is 1. The van der Waals surface area contributed by atoms with E-state index in [4.69, 9.17) is 14.2 Å². The molecule has 0 bridgehead atoms. The van der Waals surface area contributed by atoms with Gasteiger partial charge in [0.2, 0.25) is 0 Å². The average molecular weight is 382 g/mol. The molecule has 28 heavy (non-hydrogen) atoms. The van der Waals surface area contributed by atoms with Crippen molar-refractivity contribution in [2.24, 2.45) is 0 Å². The van der Waals surface area contributed by atoms with Crippen molar-refractivity contribution in [3.8, 4) is 22.9 Å². The third-order valence-electron chi connectivity index (χ3n) is 4.60. The number of carbonyl (C=O) groups is 1. The standard InChI is InChI=1S/C22H26N2O4/c1-4-5-6-7-12-28-19-11-9-15(14-20(19)26-2)21-23-17-10-8-16(22(25)27-3)13-18(17)24-21/h8-11,13-14H,4-7,12H2,1-3H3,(H,23,24). The molecule has 0 aliphatic rings. The van der Waals surface area contributed by atoms with Crippen LogP contribution in [0.15, 0.2) is 36.4 Å². The molecule has 148 valence electrons. The van der Waals surface area contributed by atoms with Crippen LogP contribution in [0.25, 0.3) is 22.4 Å². The second-order valence-electron chi connectivity index (χ2n) is 6.58. The number of esters is 1. The molecular formula is C22H26N2O4. The van der Waals surface area contributed by atoms with E-state index < -0.39 is 0 Å². The molecule has 3 rings (SSSR count). The van der Waals surface area contributed by atoms with Crippen molar-refractivity contribution in [2.75, 3.05) is 20.8 Å². The molecule has 0 saturated heterocycles. The summed E-state index contributed by atoms with van der Waals surface area (Å²) in [5.41, 5.74) is 2.91. The van der Waals surface area contributed by atoms with Gasteiger partial charge in [-0.05, 0) is 42.8 Å². The highest BCUT2D eigenvalue weighted by molar-refractivity contribution is 5.94. The Morgan fingerprint density at radius 1 is 1.04 bits per heavy atom. The summed E-state index contributed by atoms with van der Waals surface area (Å²) in [4.78, 5) is 19.6. The number of benzene rings is 2. The molecule has 0 aliphatic heterocycles. The molecule has 3 aromatic rings. The highest BCUT2D eigenvalue weighted by Gasteiger charge is 2.12. The van der Waals surface area contributed by atoms with Crippen molar-refractivity contribution in [3.63, 3.8) is 0 Å². The lowest BCUT2D eigenvalue weighted by Gasteiger charge is -2.11. The van der Waals surface area contributed by atoms with Crippen molar-refractivity contribution in [1.29, 1.82) is 0 Å². The number of imidazole rings is 1. The SMILES string of the molecule is CCCCCCOc1ccc(-c2nc3ccc(C(=O)OC)cc3[nH]2)cc1OC. The predicted molar refractivity (Wildman–Crippen MR) is 109 cm³/mol. The number of aromatic nitrogens is 2. The molecule has 1 heterocycles. The molecule has 0 fully saturated rings. The Bertz CT molecular complexity index is 949. The van der Waals surface area contributed by atoms with Gasteiger partial charge in [-0.25, -0.2) is 9.78 Å². The Kier molecular flexibility index (Phi) is 6.53. The molecule has 6 heteroatoms. The third kappa shape index (κ3) is 4.44. The second kappa shape index (κ2) is 9.26. The smallest absolute Gasteiger partial charge is 0.337 e. The summed E-state index contributed by atoms with van der Waals surface area (Å²) in [6.07, 6.45) is 4.63. The van der Waals surface area contributed by atoms with E-state index in [0.717, 1.165) is 28.8 Å². The van der Waals surface area contributed by atoms with Gasteiger partial charge in [-0.1, -0.05) is 26.2 Å². The van der Waals surface area contributed by atoms with Gasteiger partial charge in [0.05, 0.1) is 37.4 Å². The topological polar surface area (TPSA) is 73.4 Å². The van der Waals surface area contributed by atoms with Gasteiger partial charge in [0.15, 0.2) is 11.5 Å². The van der Waals surface area contributed by atoms with Crippen molar-refractivity contribution < 1.29 is 19.0 Å². The van der Waals surface area contributed by atoms with Gasteiger partial charge < -0.3 is 19.2 Å². The number of unbranched alkanes of at least 4 members (excludes halogenated alkanes) is 3. The molecule has 2 aromatic carbocycles. The largest absolute Gasteiger partial charge is 0.493 e. The zero-order valence-electron chi connectivity index (χ0n) is 16.6. The molecule has 0 unspecified atom stereocenters. The number of carbonyl (C=O) groups excluding carboxylic acids is 1. The molecule has 0 atom stereocenters. The zero-order valence-corrected chi connectivity index (χ0v) is 16.6. The quantitative estimate of drug-likeness (QED) is 0.417. The van der Waals surface area contributed by atoms with E-state index in [1.165, 1.54) is 26.4 Å². The summed E-state index contributed by atoms with van der Waals surface area (Å²) in [6.45, 7) is 2.87. The van der Waals surface area contributed by atoms with Crippen molar-refractivity contribution in [3.05, 3.63) is 42.0 Å². The second-order valence-corrected chi connectivity index (χ2v) is 6.58. The van der Waals surface area contributed by atoms with Crippen molar-refractivity contribution in [1.82, 2.24) is 9.97 Å². The summed E-state index contributed by atoms with van der Waals surface area (Å²) in [7, 11) is 2.99. The first-order chi connectivity index (χ1) is 13.7. The van der Waals surface area contributed by atoms with E-state index in [9.17, 15) is 4.79 Å². The number of hydrogen-bond acceptors (Lipinski definition) is 5. The molecule has 0 amide bonds. The van der Waals surface area contributed by atoms with E-state index in [0.29, 0.717) is 23.7 Å². The van der Waals surface area contributed by atoms with Crippen LogP contribution in [0.1, 0.15) is 43.0 Å². The maximum absolute atomic E-state index is 11.7. The first kappa shape index (κ1) is 19.7. The third-order valence-corrected chi connectivity index (χ3v) is 4.60. The summed E-state index contributed by atoms with van der Waals surface area (Å²) in [5, 5.41) is 0.